The minimum absolute atomic E-state index is 0.128. The lowest BCUT2D eigenvalue weighted by Crippen LogP contribution is -2.35. The van der Waals surface area contributed by atoms with Gasteiger partial charge in [-0.15, -0.1) is 6.58 Å². The van der Waals surface area contributed by atoms with Gasteiger partial charge in [0, 0.05) is 25.0 Å². The SMILES string of the molecule is C=CCN(Cc1cccn1Cc1cccc(C)c1)C(=O)[C@H](CC)c1ccccc1. The standard InChI is InChI=1S/C26H30N2O/c1-4-16-28(26(29)25(5-2)23-13-7-6-8-14-23)20-24-15-10-17-27(24)19-22-12-9-11-21(3)18-22/h4,6-15,17-18,25H,1,5,16,19-20H2,2-3H3/t25-/m1/s1. The van der Waals surface area contributed by atoms with Crippen LogP contribution in [0.2, 0.25) is 0 Å². The molecule has 1 heterocycles. The molecule has 0 spiro atoms. The Kier molecular flexibility index (Phi) is 7.07. The van der Waals surface area contributed by atoms with Crippen molar-refractivity contribution in [3.05, 3.63) is 108 Å². The molecule has 0 aliphatic carbocycles. The van der Waals surface area contributed by atoms with Crippen LogP contribution in [0.3, 0.4) is 0 Å². The topological polar surface area (TPSA) is 25.2 Å². The smallest absolute Gasteiger partial charge is 0.230 e. The van der Waals surface area contributed by atoms with E-state index in [1.165, 1.54) is 11.1 Å². The molecule has 3 heteroatoms. The Balaban J connectivity index is 1.80. The molecule has 0 saturated carbocycles. The highest BCUT2D eigenvalue weighted by Crippen LogP contribution is 2.23. The van der Waals surface area contributed by atoms with Crippen molar-refractivity contribution in [2.75, 3.05) is 6.54 Å². The van der Waals surface area contributed by atoms with Gasteiger partial charge >= 0.3 is 0 Å². The fraction of sp³-hybridized carbons (Fsp3) is 0.269. The second-order valence-electron chi connectivity index (χ2n) is 7.50. The molecule has 0 N–H and O–H groups in total. The third-order valence-corrected chi connectivity index (χ3v) is 5.28. The Bertz CT molecular complexity index is 942. The van der Waals surface area contributed by atoms with Crippen LogP contribution in [0.5, 0.6) is 0 Å². The van der Waals surface area contributed by atoms with Gasteiger partial charge in [-0.3, -0.25) is 4.79 Å². The first-order valence-electron chi connectivity index (χ1n) is 10.3. The van der Waals surface area contributed by atoms with Crippen molar-refractivity contribution in [3.63, 3.8) is 0 Å². The summed E-state index contributed by atoms with van der Waals surface area (Å²) in [5, 5.41) is 0. The summed E-state index contributed by atoms with van der Waals surface area (Å²) in [7, 11) is 0. The second-order valence-corrected chi connectivity index (χ2v) is 7.50. The van der Waals surface area contributed by atoms with E-state index in [-0.39, 0.29) is 11.8 Å². The maximum Gasteiger partial charge on any atom is 0.230 e. The first-order valence-corrected chi connectivity index (χ1v) is 10.3. The Morgan fingerprint density at radius 3 is 2.59 bits per heavy atom. The number of aryl methyl sites for hydroxylation is 1. The number of hydrogen-bond donors (Lipinski definition) is 0. The largest absolute Gasteiger partial charge is 0.345 e. The monoisotopic (exact) mass is 386 g/mol. The van der Waals surface area contributed by atoms with Crippen LogP contribution in [0.25, 0.3) is 0 Å². The molecule has 3 aromatic rings. The molecule has 0 aliphatic rings. The van der Waals surface area contributed by atoms with Crippen LogP contribution < -0.4 is 0 Å². The molecule has 3 nitrogen and oxygen atoms in total. The van der Waals surface area contributed by atoms with E-state index in [4.69, 9.17) is 0 Å². The fourth-order valence-electron chi connectivity index (χ4n) is 3.80. The van der Waals surface area contributed by atoms with E-state index < -0.39 is 0 Å². The molecule has 1 aromatic heterocycles. The van der Waals surface area contributed by atoms with Crippen LogP contribution in [0.1, 0.15) is 41.6 Å². The summed E-state index contributed by atoms with van der Waals surface area (Å²) in [5.74, 6) is 0.0261. The van der Waals surface area contributed by atoms with E-state index in [2.05, 4.69) is 67.6 Å². The molecule has 3 rings (SSSR count). The molecule has 0 radical (unpaired) electrons. The highest BCUT2D eigenvalue weighted by molar-refractivity contribution is 5.83. The van der Waals surface area contributed by atoms with Gasteiger partial charge in [-0.25, -0.2) is 0 Å². The Morgan fingerprint density at radius 2 is 1.90 bits per heavy atom. The second kappa shape index (κ2) is 9.92. The maximum absolute atomic E-state index is 13.4. The van der Waals surface area contributed by atoms with Crippen molar-refractivity contribution in [2.45, 2.75) is 39.3 Å². The van der Waals surface area contributed by atoms with Gasteiger partial charge in [-0.2, -0.15) is 0 Å². The number of aromatic nitrogens is 1. The summed E-state index contributed by atoms with van der Waals surface area (Å²) in [6.07, 6.45) is 4.67. The average Bonchev–Trinajstić information content (AvgIpc) is 3.15. The fourth-order valence-corrected chi connectivity index (χ4v) is 3.80. The zero-order valence-corrected chi connectivity index (χ0v) is 17.4. The quantitative estimate of drug-likeness (QED) is 0.442. The van der Waals surface area contributed by atoms with Gasteiger partial charge in [-0.1, -0.05) is 73.2 Å². The molecule has 2 aromatic carbocycles. The van der Waals surface area contributed by atoms with Crippen molar-refractivity contribution in [2.24, 2.45) is 0 Å². The summed E-state index contributed by atoms with van der Waals surface area (Å²) in [6, 6.07) is 22.8. The number of hydrogen-bond acceptors (Lipinski definition) is 1. The third-order valence-electron chi connectivity index (χ3n) is 5.28. The third kappa shape index (κ3) is 5.26. The van der Waals surface area contributed by atoms with Gasteiger partial charge in [0.15, 0.2) is 0 Å². The van der Waals surface area contributed by atoms with Crippen molar-refractivity contribution >= 4 is 5.91 Å². The minimum Gasteiger partial charge on any atom is -0.345 e. The molecule has 0 unspecified atom stereocenters. The molecule has 29 heavy (non-hydrogen) atoms. The van der Waals surface area contributed by atoms with Gasteiger partial charge in [0.2, 0.25) is 5.91 Å². The van der Waals surface area contributed by atoms with Crippen LogP contribution in [-0.2, 0) is 17.9 Å². The van der Waals surface area contributed by atoms with Crippen molar-refractivity contribution < 1.29 is 4.79 Å². The predicted molar refractivity (Wildman–Crippen MR) is 120 cm³/mol. The highest BCUT2D eigenvalue weighted by atomic mass is 16.2. The summed E-state index contributed by atoms with van der Waals surface area (Å²) in [5.41, 5.74) is 4.72. The number of amides is 1. The summed E-state index contributed by atoms with van der Waals surface area (Å²) in [6.45, 7) is 9.97. The lowest BCUT2D eigenvalue weighted by molar-refractivity contribution is -0.133. The Hall–Kier alpha value is -3.07. The van der Waals surface area contributed by atoms with E-state index in [1.807, 2.05) is 41.3 Å². The Labute approximate surface area is 174 Å². The molecule has 1 amide bonds. The minimum atomic E-state index is -0.128. The van der Waals surface area contributed by atoms with E-state index in [9.17, 15) is 4.79 Å². The zero-order valence-electron chi connectivity index (χ0n) is 17.4. The van der Waals surface area contributed by atoms with Crippen LogP contribution in [0.4, 0.5) is 0 Å². The zero-order chi connectivity index (χ0) is 20.6. The molecule has 1 atom stereocenters. The van der Waals surface area contributed by atoms with Crippen LogP contribution in [-0.4, -0.2) is 21.9 Å². The van der Waals surface area contributed by atoms with E-state index >= 15 is 0 Å². The molecule has 0 bridgehead atoms. The van der Waals surface area contributed by atoms with E-state index in [0.29, 0.717) is 13.1 Å². The summed E-state index contributed by atoms with van der Waals surface area (Å²) < 4.78 is 2.22. The van der Waals surface area contributed by atoms with Crippen LogP contribution in [0.15, 0.2) is 85.6 Å². The predicted octanol–water partition coefficient (Wildman–Crippen LogP) is 5.55. The summed E-state index contributed by atoms with van der Waals surface area (Å²) >= 11 is 0. The molecular weight excluding hydrogens is 356 g/mol. The normalized spacial score (nSPS) is 11.8. The molecule has 0 fully saturated rings. The van der Waals surface area contributed by atoms with Gasteiger partial charge in [0.25, 0.3) is 0 Å². The Morgan fingerprint density at radius 1 is 1.10 bits per heavy atom. The number of carbonyl (C=O) groups excluding carboxylic acids is 1. The lowest BCUT2D eigenvalue weighted by atomic mass is 9.95. The van der Waals surface area contributed by atoms with E-state index in [0.717, 1.165) is 24.2 Å². The highest BCUT2D eigenvalue weighted by Gasteiger charge is 2.24. The van der Waals surface area contributed by atoms with Gasteiger partial charge < -0.3 is 9.47 Å². The molecule has 150 valence electrons. The van der Waals surface area contributed by atoms with Crippen molar-refractivity contribution in [3.8, 4) is 0 Å². The van der Waals surface area contributed by atoms with Gasteiger partial charge in [-0.05, 0) is 36.6 Å². The van der Waals surface area contributed by atoms with Crippen molar-refractivity contribution in [1.82, 2.24) is 9.47 Å². The maximum atomic E-state index is 13.4. The average molecular weight is 387 g/mol. The first kappa shape index (κ1) is 20.7. The van der Waals surface area contributed by atoms with Crippen LogP contribution >= 0.6 is 0 Å². The number of nitrogens with zero attached hydrogens (tertiary/aromatic N) is 2. The number of rotatable bonds is 9. The van der Waals surface area contributed by atoms with E-state index in [1.54, 1.807) is 0 Å². The molecule has 0 saturated heterocycles. The van der Waals surface area contributed by atoms with Crippen molar-refractivity contribution in [1.29, 1.82) is 0 Å². The summed E-state index contributed by atoms with van der Waals surface area (Å²) in [4.78, 5) is 15.3. The van der Waals surface area contributed by atoms with Gasteiger partial charge in [0.1, 0.15) is 0 Å². The molecular formula is C26H30N2O. The number of benzene rings is 2. The lowest BCUT2D eigenvalue weighted by Gasteiger charge is -2.27. The molecule has 0 aliphatic heterocycles. The van der Waals surface area contributed by atoms with Crippen LogP contribution in [0, 0.1) is 6.92 Å². The first-order chi connectivity index (χ1) is 14.1. The van der Waals surface area contributed by atoms with Gasteiger partial charge in [0.05, 0.1) is 12.5 Å². The number of carbonyl (C=O) groups is 1.